The molecule has 0 unspecified atom stereocenters. The Morgan fingerprint density at radius 2 is 1.89 bits per heavy atom. The van der Waals surface area contributed by atoms with Gasteiger partial charge in [0.1, 0.15) is 23.9 Å². The molecule has 3 aromatic carbocycles. The molecule has 1 heterocycles. The Labute approximate surface area is 209 Å². The number of methoxy groups -OCH3 is 1. The number of hydrogen-bond donors (Lipinski definition) is 1. The number of hydrogen-bond acceptors (Lipinski definition) is 6. The Hall–Kier alpha value is -3.43. The first-order valence-electron chi connectivity index (χ1n) is 10.9. The first kappa shape index (κ1) is 24.7. The zero-order valence-electron chi connectivity index (χ0n) is 19.2. The van der Waals surface area contributed by atoms with E-state index in [0.717, 1.165) is 5.56 Å². The Bertz CT molecular complexity index is 1310. The van der Waals surface area contributed by atoms with Crippen LogP contribution in [0, 0.1) is 6.92 Å². The number of anilines is 1. The van der Waals surface area contributed by atoms with Gasteiger partial charge in [0.15, 0.2) is 6.10 Å². The SMILES string of the molecule is COc1ccc(S(=O)(=O)N2C[C@H](C(=O)NCCOc3ccccc3Cl)Oc3ccc(C)cc32)cc1. The second-order valence-electron chi connectivity index (χ2n) is 7.86. The smallest absolute Gasteiger partial charge is 0.264 e. The number of amides is 1. The number of ether oxygens (including phenoxy) is 3. The lowest BCUT2D eigenvalue weighted by molar-refractivity contribution is -0.127. The maximum Gasteiger partial charge on any atom is 0.264 e. The molecule has 1 aliphatic heterocycles. The number of fused-ring (bicyclic) bond motifs is 1. The van der Waals surface area contributed by atoms with E-state index in [9.17, 15) is 13.2 Å². The molecular weight excluding hydrogens is 492 g/mol. The van der Waals surface area contributed by atoms with Gasteiger partial charge in [-0.1, -0.05) is 29.8 Å². The van der Waals surface area contributed by atoms with Crippen LogP contribution in [-0.2, 0) is 14.8 Å². The monoisotopic (exact) mass is 516 g/mol. The summed E-state index contributed by atoms with van der Waals surface area (Å²) in [6, 6.07) is 18.3. The van der Waals surface area contributed by atoms with Crippen molar-refractivity contribution in [3.8, 4) is 17.2 Å². The topological polar surface area (TPSA) is 94.2 Å². The fraction of sp³-hybridized carbons (Fsp3) is 0.240. The van der Waals surface area contributed by atoms with Gasteiger partial charge in [-0.3, -0.25) is 9.10 Å². The van der Waals surface area contributed by atoms with Gasteiger partial charge >= 0.3 is 0 Å². The van der Waals surface area contributed by atoms with Crippen LogP contribution in [0.5, 0.6) is 17.2 Å². The average Bonchev–Trinajstić information content (AvgIpc) is 2.86. The molecule has 0 radical (unpaired) electrons. The van der Waals surface area contributed by atoms with E-state index in [0.29, 0.717) is 28.0 Å². The number of halogens is 1. The minimum Gasteiger partial charge on any atom is -0.497 e. The Kier molecular flexibility index (Phi) is 7.37. The van der Waals surface area contributed by atoms with E-state index >= 15 is 0 Å². The lowest BCUT2D eigenvalue weighted by Crippen LogP contribution is -2.51. The number of nitrogens with zero attached hydrogens (tertiary/aromatic N) is 1. The second kappa shape index (κ2) is 10.5. The highest BCUT2D eigenvalue weighted by molar-refractivity contribution is 7.92. The first-order chi connectivity index (χ1) is 16.8. The van der Waals surface area contributed by atoms with Crippen LogP contribution >= 0.6 is 11.6 Å². The minimum atomic E-state index is -3.97. The molecule has 0 aliphatic carbocycles. The number of rotatable bonds is 8. The van der Waals surface area contributed by atoms with Gasteiger partial charge in [0.25, 0.3) is 15.9 Å². The van der Waals surface area contributed by atoms with Gasteiger partial charge in [-0.25, -0.2) is 8.42 Å². The predicted octanol–water partition coefficient (Wildman–Crippen LogP) is 3.81. The summed E-state index contributed by atoms with van der Waals surface area (Å²) in [6.07, 6.45) is -1.04. The predicted molar refractivity (Wildman–Crippen MR) is 133 cm³/mol. The van der Waals surface area contributed by atoms with Crippen molar-refractivity contribution in [2.24, 2.45) is 0 Å². The molecule has 184 valence electrons. The molecule has 8 nitrogen and oxygen atoms in total. The van der Waals surface area contributed by atoms with Gasteiger partial charge in [-0.15, -0.1) is 0 Å². The highest BCUT2D eigenvalue weighted by Crippen LogP contribution is 2.38. The van der Waals surface area contributed by atoms with Crippen LogP contribution in [0.4, 0.5) is 5.69 Å². The molecule has 0 spiro atoms. The van der Waals surface area contributed by atoms with E-state index in [1.165, 1.54) is 23.5 Å². The van der Waals surface area contributed by atoms with Crippen molar-refractivity contribution < 1.29 is 27.4 Å². The van der Waals surface area contributed by atoms with Crippen molar-refractivity contribution in [3.05, 3.63) is 77.3 Å². The molecule has 35 heavy (non-hydrogen) atoms. The first-order valence-corrected chi connectivity index (χ1v) is 12.7. The fourth-order valence-corrected chi connectivity index (χ4v) is 5.27. The van der Waals surface area contributed by atoms with Crippen molar-refractivity contribution in [2.45, 2.75) is 17.9 Å². The standard InChI is InChI=1S/C25H25ClN2O6S/c1-17-7-12-23-21(15-17)28(35(30,31)19-10-8-18(32-2)9-11-19)16-24(34-23)25(29)27-13-14-33-22-6-4-3-5-20(22)26/h3-12,15,24H,13-14,16H2,1-2H3,(H,27,29)/t24-/m1/s1. The highest BCUT2D eigenvalue weighted by Gasteiger charge is 2.37. The lowest BCUT2D eigenvalue weighted by atomic mass is 10.1. The number of aryl methyl sites for hydroxylation is 1. The van der Waals surface area contributed by atoms with Gasteiger partial charge in [-0.2, -0.15) is 0 Å². The summed E-state index contributed by atoms with van der Waals surface area (Å²) in [4.78, 5) is 13.0. The summed E-state index contributed by atoms with van der Waals surface area (Å²) in [5.41, 5.74) is 1.24. The number of para-hydroxylation sites is 1. The molecule has 4 rings (SSSR count). The quantitative estimate of drug-likeness (QED) is 0.458. The molecule has 3 aromatic rings. The van der Waals surface area contributed by atoms with Crippen LogP contribution in [0.3, 0.4) is 0 Å². The third kappa shape index (κ3) is 5.47. The van der Waals surface area contributed by atoms with E-state index in [2.05, 4.69) is 5.32 Å². The van der Waals surface area contributed by atoms with Crippen LogP contribution in [-0.4, -0.2) is 47.2 Å². The zero-order chi connectivity index (χ0) is 25.0. The summed E-state index contributed by atoms with van der Waals surface area (Å²) in [5.74, 6) is 0.914. The Morgan fingerprint density at radius 3 is 2.60 bits per heavy atom. The second-order valence-corrected chi connectivity index (χ2v) is 10.1. The van der Waals surface area contributed by atoms with E-state index in [1.54, 1.807) is 54.6 Å². The third-order valence-corrected chi connectivity index (χ3v) is 7.53. The number of sulfonamides is 1. The normalized spacial score (nSPS) is 15.1. The zero-order valence-corrected chi connectivity index (χ0v) is 20.8. The molecule has 0 aromatic heterocycles. The van der Waals surface area contributed by atoms with E-state index < -0.39 is 22.0 Å². The lowest BCUT2D eigenvalue weighted by Gasteiger charge is -2.35. The fourth-order valence-electron chi connectivity index (χ4n) is 3.61. The van der Waals surface area contributed by atoms with Crippen molar-refractivity contribution in [3.63, 3.8) is 0 Å². The molecule has 1 N–H and O–H groups in total. The molecule has 10 heteroatoms. The van der Waals surface area contributed by atoms with Gasteiger partial charge < -0.3 is 19.5 Å². The molecule has 1 atom stereocenters. The van der Waals surface area contributed by atoms with Crippen LogP contribution in [0.2, 0.25) is 5.02 Å². The minimum absolute atomic E-state index is 0.0833. The van der Waals surface area contributed by atoms with Gasteiger partial charge in [-0.05, 0) is 61.0 Å². The number of carbonyl (C=O) groups excluding carboxylic acids is 1. The molecule has 0 bridgehead atoms. The summed E-state index contributed by atoms with van der Waals surface area (Å²) in [7, 11) is -2.46. The Morgan fingerprint density at radius 1 is 1.14 bits per heavy atom. The van der Waals surface area contributed by atoms with Crippen molar-refractivity contribution in [1.82, 2.24) is 5.32 Å². The molecule has 1 aliphatic rings. The summed E-state index contributed by atoms with van der Waals surface area (Å²) >= 11 is 6.07. The van der Waals surface area contributed by atoms with E-state index in [-0.39, 0.29) is 24.6 Å². The van der Waals surface area contributed by atoms with E-state index in [4.69, 9.17) is 25.8 Å². The molecule has 0 saturated heterocycles. The molecule has 0 saturated carbocycles. The largest absolute Gasteiger partial charge is 0.497 e. The van der Waals surface area contributed by atoms with Crippen molar-refractivity contribution in [1.29, 1.82) is 0 Å². The number of benzene rings is 3. The summed E-state index contributed by atoms with van der Waals surface area (Å²) < 4.78 is 44.9. The maximum atomic E-state index is 13.5. The average molecular weight is 517 g/mol. The third-order valence-electron chi connectivity index (χ3n) is 5.42. The summed E-state index contributed by atoms with van der Waals surface area (Å²) in [6.45, 7) is 2.06. The maximum absolute atomic E-state index is 13.5. The number of nitrogens with one attached hydrogen (secondary N) is 1. The molecular formula is C25H25ClN2O6S. The van der Waals surface area contributed by atoms with E-state index in [1.807, 2.05) is 6.92 Å². The Balaban J connectivity index is 1.50. The van der Waals surface area contributed by atoms with Crippen LogP contribution in [0.15, 0.2) is 71.6 Å². The van der Waals surface area contributed by atoms with Crippen molar-refractivity contribution in [2.75, 3.05) is 31.1 Å². The number of carbonyl (C=O) groups is 1. The van der Waals surface area contributed by atoms with Crippen LogP contribution < -0.4 is 23.8 Å². The van der Waals surface area contributed by atoms with Crippen molar-refractivity contribution >= 4 is 33.2 Å². The summed E-state index contributed by atoms with van der Waals surface area (Å²) in [5, 5.41) is 3.21. The van der Waals surface area contributed by atoms with Crippen LogP contribution in [0.25, 0.3) is 0 Å². The van der Waals surface area contributed by atoms with Gasteiger partial charge in [0.2, 0.25) is 0 Å². The van der Waals surface area contributed by atoms with Gasteiger partial charge in [0.05, 0.1) is 35.8 Å². The molecule has 0 fully saturated rings. The molecule has 1 amide bonds. The highest BCUT2D eigenvalue weighted by atomic mass is 35.5. The van der Waals surface area contributed by atoms with Gasteiger partial charge in [0, 0.05) is 0 Å². The van der Waals surface area contributed by atoms with Crippen LogP contribution in [0.1, 0.15) is 5.56 Å².